The van der Waals surface area contributed by atoms with E-state index >= 15 is 0 Å². The van der Waals surface area contributed by atoms with Gasteiger partial charge in [0.1, 0.15) is 5.92 Å². The standard InChI is InChI=1S/C6H13N3O2/c7-3-1-2-4(5(8)10)6(9)11/h4H,1-3,7H2,(H2,8,10)(H2,9,11). The molecule has 0 bridgehead atoms. The van der Waals surface area contributed by atoms with Gasteiger partial charge in [-0.25, -0.2) is 0 Å². The summed E-state index contributed by atoms with van der Waals surface area (Å²) in [5.41, 5.74) is 15.0. The zero-order chi connectivity index (χ0) is 8.85. The Morgan fingerprint density at radius 3 is 1.91 bits per heavy atom. The van der Waals surface area contributed by atoms with E-state index in [4.69, 9.17) is 17.2 Å². The summed E-state index contributed by atoms with van der Waals surface area (Å²) in [6, 6.07) is 0. The third-order valence-corrected chi connectivity index (χ3v) is 1.38. The van der Waals surface area contributed by atoms with Crippen LogP contribution in [0.15, 0.2) is 0 Å². The SMILES string of the molecule is NCCCC(C(N)=O)C(N)=O. The summed E-state index contributed by atoms with van der Waals surface area (Å²) in [7, 11) is 0. The van der Waals surface area contributed by atoms with E-state index in [-0.39, 0.29) is 0 Å². The molecule has 0 aromatic heterocycles. The van der Waals surface area contributed by atoms with E-state index in [0.29, 0.717) is 19.4 Å². The lowest BCUT2D eigenvalue weighted by Crippen LogP contribution is -2.35. The molecule has 0 unspecified atom stereocenters. The van der Waals surface area contributed by atoms with Gasteiger partial charge in [-0.3, -0.25) is 9.59 Å². The smallest absolute Gasteiger partial charge is 0.229 e. The van der Waals surface area contributed by atoms with E-state index in [1.54, 1.807) is 0 Å². The van der Waals surface area contributed by atoms with Crippen molar-refractivity contribution in [3.05, 3.63) is 0 Å². The van der Waals surface area contributed by atoms with E-state index < -0.39 is 17.7 Å². The Morgan fingerprint density at radius 2 is 1.64 bits per heavy atom. The minimum Gasteiger partial charge on any atom is -0.369 e. The molecule has 6 N–H and O–H groups in total. The topological polar surface area (TPSA) is 112 Å². The Balaban J connectivity index is 3.90. The molecule has 0 rings (SSSR count). The molecule has 2 amide bonds. The summed E-state index contributed by atoms with van der Waals surface area (Å²) in [6.45, 7) is 0.428. The quantitative estimate of drug-likeness (QED) is 0.416. The van der Waals surface area contributed by atoms with Crippen LogP contribution in [0.5, 0.6) is 0 Å². The molecular weight excluding hydrogens is 146 g/mol. The normalized spacial score (nSPS) is 10.0. The number of nitrogens with two attached hydrogens (primary N) is 3. The first kappa shape index (κ1) is 9.90. The Labute approximate surface area is 64.9 Å². The number of carbonyl (C=O) groups excluding carboxylic acids is 2. The van der Waals surface area contributed by atoms with Crippen molar-refractivity contribution in [2.75, 3.05) is 6.54 Å². The third kappa shape index (κ3) is 3.57. The number of primary amides is 2. The van der Waals surface area contributed by atoms with Crippen LogP contribution in [0.3, 0.4) is 0 Å². The van der Waals surface area contributed by atoms with Crippen molar-refractivity contribution in [2.24, 2.45) is 23.1 Å². The summed E-state index contributed by atoms with van der Waals surface area (Å²) in [6.07, 6.45) is 0.928. The van der Waals surface area contributed by atoms with Crippen LogP contribution >= 0.6 is 0 Å². The molecular formula is C6H13N3O2. The van der Waals surface area contributed by atoms with Crippen molar-refractivity contribution in [1.29, 1.82) is 0 Å². The average Bonchev–Trinajstić information content (AvgIpc) is 1.87. The van der Waals surface area contributed by atoms with Gasteiger partial charge in [0.25, 0.3) is 0 Å². The maximum Gasteiger partial charge on any atom is 0.229 e. The molecule has 0 aromatic carbocycles. The zero-order valence-electron chi connectivity index (χ0n) is 6.25. The molecule has 5 heteroatoms. The van der Waals surface area contributed by atoms with E-state index in [9.17, 15) is 9.59 Å². The van der Waals surface area contributed by atoms with Crippen molar-refractivity contribution in [3.63, 3.8) is 0 Å². The van der Waals surface area contributed by atoms with Crippen LogP contribution in [0.2, 0.25) is 0 Å². The maximum atomic E-state index is 10.5. The molecule has 0 aliphatic rings. The highest BCUT2D eigenvalue weighted by atomic mass is 16.2. The minimum absolute atomic E-state index is 0.348. The highest BCUT2D eigenvalue weighted by Crippen LogP contribution is 2.03. The summed E-state index contributed by atoms with van der Waals surface area (Å²) in [5.74, 6) is -2.21. The first-order valence-corrected chi connectivity index (χ1v) is 3.38. The third-order valence-electron chi connectivity index (χ3n) is 1.38. The molecule has 11 heavy (non-hydrogen) atoms. The summed E-state index contributed by atoms with van der Waals surface area (Å²) >= 11 is 0. The number of rotatable bonds is 5. The Bertz CT molecular complexity index is 144. The second kappa shape index (κ2) is 4.68. The van der Waals surface area contributed by atoms with Gasteiger partial charge in [0.05, 0.1) is 0 Å². The van der Waals surface area contributed by atoms with E-state index in [2.05, 4.69) is 0 Å². The summed E-state index contributed by atoms with van der Waals surface area (Å²) in [4.78, 5) is 21.1. The first-order chi connectivity index (χ1) is 5.09. The fourth-order valence-corrected chi connectivity index (χ4v) is 0.747. The predicted molar refractivity (Wildman–Crippen MR) is 40.2 cm³/mol. The molecule has 0 fully saturated rings. The van der Waals surface area contributed by atoms with Crippen molar-refractivity contribution >= 4 is 11.8 Å². The second-order valence-corrected chi connectivity index (χ2v) is 2.29. The van der Waals surface area contributed by atoms with Crippen molar-refractivity contribution < 1.29 is 9.59 Å². The molecule has 64 valence electrons. The van der Waals surface area contributed by atoms with Gasteiger partial charge in [-0.2, -0.15) is 0 Å². The van der Waals surface area contributed by atoms with Crippen LogP contribution in [0.25, 0.3) is 0 Å². The molecule has 0 aliphatic carbocycles. The van der Waals surface area contributed by atoms with Gasteiger partial charge in [-0.15, -0.1) is 0 Å². The largest absolute Gasteiger partial charge is 0.369 e. The number of carbonyl (C=O) groups is 2. The molecule has 5 nitrogen and oxygen atoms in total. The Hall–Kier alpha value is -1.10. The van der Waals surface area contributed by atoms with Crippen LogP contribution in [0, 0.1) is 5.92 Å². The van der Waals surface area contributed by atoms with Gasteiger partial charge < -0.3 is 17.2 Å². The predicted octanol–water partition coefficient (Wildman–Crippen LogP) is -1.69. The molecule has 0 atom stereocenters. The summed E-state index contributed by atoms with van der Waals surface area (Å²) in [5, 5.41) is 0. The van der Waals surface area contributed by atoms with Crippen LogP contribution in [-0.2, 0) is 9.59 Å². The molecule has 0 heterocycles. The highest BCUT2D eigenvalue weighted by molar-refractivity contribution is 5.98. The monoisotopic (exact) mass is 159 g/mol. The second-order valence-electron chi connectivity index (χ2n) is 2.29. The molecule has 0 aromatic rings. The van der Waals surface area contributed by atoms with Crippen LogP contribution in [0.4, 0.5) is 0 Å². The number of amides is 2. The lowest BCUT2D eigenvalue weighted by atomic mass is 10.0. The van der Waals surface area contributed by atoms with Gasteiger partial charge in [0.15, 0.2) is 0 Å². The molecule has 0 saturated carbocycles. The fraction of sp³-hybridized carbons (Fsp3) is 0.667. The highest BCUT2D eigenvalue weighted by Gasteiger charge is 2.20. The lowest BCUT2D eigenvalue weighted by Gasteiger charge is -2.06. The van der Waals surface area contributed by atoms with E-state index in [1.807, 2.05) is 0 Å². The first-order valence-electron chi connectivity index (χ1n) is 3.38. The van der Waals surface area contributed by atoms with Crippen molar-refractivity contribution in [1.82, 2.24) is 0 Å². The minimum atomic E-state index is -0.862. The number of hydrogen-bond donors (Lipinski definition) is 3. The molecule has 0 aliphatic heterocycles. The van der Waals surface area contributed by atoms with Crippen LogP contribution < -0.4 is 17.2 Å². The Morgan fingerprint density at radius 1 is 1.18 bits per heavy atom. The van der Waals surface area contributed by atoms with Gasteiger partial charge in [-0.05, 0) is 19.4 Å². The van der Waals surface area contributed by atoms with Gasteiger partial charge in [-0.1, -0.05) is 0 Å². The van der Waals surface area contributed by atoms with E-state index in [1.165, 1.54) is 0 Å². The molecule has 0 saturated heterocycles. The average molecular weight is 159 g/mol. The van der Waals surface area contributed by atoms with E-state index in [0.717, 1.165) is 0 Å². The van der Waals surface area contributed by atoms with Crippen LogP contribution in [0.1, 0.15) is 12.8 Å². The molecule has 0 spiro atoms. The fourth-order valence-electron chi connectivity index (χ4n) is 0.747. The number of hydrogen-bond acceptors (Lipinski definition) is 3. The zero-order valence-corrected chi connectivity index (χ0v) is 6.25. The van der Waals surface area contributed by atoms with Crippen molar-refractivity contribution in [2.45, 2.75) is 12.8 Å². The lowest BCUT2D eigenvalue weighted by molar-refractivity contribution is -0.131. The van der Waals surface area contributed by atoms with Gasteiger partial charge in [0.2, 0.25) is 11.8 Å². The Kier molecular flexibility index (Phi) is 4.21. The maximum absolute atomic E-state index is 10.5. The van der Waals surface area contributed by atoms with Crippen molar-refractivity contribution in [3.8, 4) is 0 Å². The van der Waals surface area contributed by atoms with Gasteiger partial charge in [0, 0.05) is 0 Å². The van der Waals surface area contributed by atoms with Gasteiger partial charge >= 0.3 is 0 Å². The summed E-state index contributed by atoms with van der Waals surface area (Å²) < 4.78 is 0. The van der Waals surface area contributed by atoms with Crippen LogP contribution in [-0.4, -0.2) is 18.4 Å². The molecule has 0 radical (unpaired) electrons.